The SMILES string of the molecule is CCCN(Cc1occc1Br)C1COCC1C(=O)O. The van der Waals surface area contributed by atoms with Gasteiger partial charge in [0.05, 0.1) is 36.4 Å². The van der Waals surface area contributed by atoms with Crippen LogP contribution in [0.5, 0.6) is 0 Å². The second-order valence-corrected chi connectivity index (χ2v) is 5.57. The lowest BCUT2D eigenvalue weighted by Crippen LogP contribution is -2.43. The molecule has 0 spiro atoms. The molecule has 0 bridgehead atoms. The van der Waals surface area contributed by atoms with Crippen molar-refractivity contribution >= 4 is 21.9 Å². The monoisotopic (exact) mass is 331 g/mol. The molecule has 2 rings (SSSR count). The Morgan fingerprint density at radius 1 is 1.58 bits per heavy atom. The number of carboxylic acids is 1. The average Bonchev–Trinajstić information content (AvgIpc) is 2.98. The van der Waals surface area contributed by atoms with Crippen LogP contribution in [0, 0.1) is 5.92 Å². The van der Waals surface area contributed by atoms with Gasteiger partial charge < -0.3 is 14.3 Å². The van der Waals surface area contributed by atoms with E-state index in [1.165, 1.54) is 0 Å². The predicted octanol–water partition coefficient (Wildman–Crippen LogP) is 2.35. The minimum absolute atomic E-state index is 0.0885. The highest BCUT2D eigenvalue weighted by Gasteiger charge is 2.38. The van der Waals surface area contributed by atoms with Gasteiger partial charge in [0.25, 0.3) is 0 Å². The highest BCUT2D eigenvalue weighted by molar-refractivity contribution is 9.10. The van der Waals surface area contributed by atoms with E-state index in [4.69, 9.17) is 9.15 Å². The zero-order valence-electron chi connectivity index (χ0n) is 10.8. The van der Waals surface area contributed by atoms with E-state index in [1.54, 1.807) is 6.26 Å². The Morgan fingerprint density at radius 3 is 2.95 bits per heavy atom. The van der Waals surface area contributed by atoms with Crippen molar-refractivity contribution in [1.29, 1.82) is 0 Å². The maximum Gasteiger partial charge on any atom is 0.310 e. The number of rotatable bonds is 6. The number of aliphatic carboxylic acids is 1. The van der Waals surface area contributed by atoms with Gasteiger partial charge in [0.15, 0.2) is 0 Å². The number of halogens is 1. The number of furan rings is 1. The van der Waals surface area contributed by atoms with E-state index in [0.717, 1.165) is 23.2 Å². The van der Waals surface area contributed by atoms with E-state index in [2.05, 4.69) is 27.8 Å². The molecule has 106 valence electrons. The minimum Gasteiger partial charge on any atom is -0.481 e. The largest absolute Gasteiger partial charge is 0.481 e. The normalized spacial score (nSPS) is 23.1. The van der Waals surface area contributed by atoms with Crippen molar-refractivity contribution in [2.45, 2.75) is 25.9 Å². The zero-order valence-corrected chi connectivity index (χ0v) is 12.4. The summed E-state index contributed by atoms with van der Waals surface area (Å²) in [6.07, 6.45) is 2.59. The third kappa shape index (κ3) is 3.38. The van der Waals surface area contributed by atoms with Gasteiger partial charge in [-0.2, -0.15) is 0 Å². The lowest BCUT2D eigenvalue weighted by molar-refractivity contribution is -0.143. The molecule has 0 aromatic carbocycles. The van der Waals surface area contributed by atoms with E-state index in [-0.39, 0.29) is 6.04 Å². The molecule has 1 N–H and O–H groups in total. The number of hydrogen-bond donors (Lipinski definition) is 1. The molecule has 1 saturated heterocycles. The smallest absolute Gasteiger partial charge is 0.310 e. The lowest BCUT2D eigenvalue weighted by Gasteiger charge is -2.29. The Kier molecular flexibility index (Phi) is 5.01. The fourth-order valence-corrected chi connectivity index (χ4v) is 2.74. The van der Waals surface area contributed by atoms with Crippen LogP contribution < -0.4 is 0 Å². The summed E-state index contributed by atoms with van der Waals surface area (Å²) < 4.78 is 11.7. The van der Waals surface area contributed by atoms with Crippen LogP contribution in [0.1, 0.15) is 19.1 Å². The number of carbonyl (C=O) groups is 1. The molecule has 2 heterocycles. The van der Waals surface area contributed by atoms with Crippen molar-refractivity contribution in [3.8, 4) is 0 Å². The molecular weight excluding hydrogens is 314 g/mol. The Labute approximate surface area is 120 Å². The molecule has 1 aromatic heterocycles. The fraction of sp³-hybridized carbons (Fsp3) is 0.615. The number of hydrogen-bond acceptors (Lipinski definition) is 4. The van der Waals surface area contributed by atoms with Crippen molar-refractivity contribution in [1.82, 2.24) is 4.90 Å². The first kappa shape index (κ1) is 14.6. The van der Waals surface area contributed by atoms with Crippen molar-refractivity contribution in [3.05, 3.63) is 22.6 Å². The fourth-order valence-electron chi connectivity index (χ4n) is 2.41. The zero-order chi connectivity index (χ0) is 13.8. The van der Waals surface area contributed by atoms with E-state index in [1.807, 2.05) is 6.07 Å². The van der Waals surface area contributed by atoms with Crippen LogP contribution in [-0.4, -0.2) is 41.8 Å². The molecule has 5 nitrogen and oxygen atoms in total. The van der Waals surface area contributed by atoms with Crippen LogP contribution >= 0.6 is 15.9 Å². The first-order valence-electron chi connectivity index (χ1n) is 6.40. The number of ether oxygens (including phenoxy) is 1. The van der Waals surface area contributed by atoms with E-state index in [9.17, 15) is 9.90 Å². The van der Waals surface area contributed by atoms with Gasteiger partial charge in [0, 0.05) is 6.04 Å². The van der Waals surface area contributed by atoms with Gasteiger partial charge in [-0.15, -0.1) is 0 Å². The summed E-state index contributed by atoms with van der Waals surface area (Å²) in [5, 5.41) is 9.24. The van der Waals surface area contributed by atoms with Crippen LogP contribution in [0.25, 0.3) is 0 Å². The minimum atomic E-state index is -0.790. The summed E-state index contributed by atoms with van der Waals surface area (Å²) in [7, 11) is 0. The third-order valence-corrected chi connectivity index (χ3v) is 4.09. The molecule has 1 aliphatic heterocycles. The quantitative estimate of drug-likeness (QED) is 0.866. The van der Waals surface area contributed by atoms with Gasteiger partial charge in [-0.3, -0.25) is 9.69 Å². The van der Waals surface area contributed by atoms with Crippen molar-refractivity contribution < 1.29 is 19.1 Å². The highest BCUT2D eigenvalue weighted by Crippen LogP contribution is 2.25. The summed E-state index contributed by atoms with van der Waals surface area (Å²) in [5.41, 5.74) is 0. The highest BCUT2D eigenvalue weighted by atomic mass is 79.9. The molecule has 0 aliphatic carbocycles. The van der Waals surface area contributed by atoms with Crippen LogP contribution in [0.15, 0.2) is 21.2 Å². The maximum absolute atomic E-state index is 11.3. The Hall–Kier alpha value is -0.850. The molecule has 1 fully saturated rings. The van der Waals surface area contributed by atoms with Gasteiger partial charge in [-0.1, -0.05) is 6.92 Å². The van der Waals surface area contributed by atoms with Crippen molar-refractivity contribution in [2.24, 2.45) is 5.92 Å². The number of nitrogens with zero attached hydrogens (tertiary/aromatic N) is 1. The first-order chi connectivity index (χ1) is 9.13. The lowest BCUT2D eigenvalue weighted by atomic mass is 10.0. The molecule has 0 saturated carbocycles. The molecule has 0 radical (unpaired) electrons. The molecule has 2 unspecified atom stereocenters. The average molecular weight is 332 g/mol. The first-order valence-corrected chi connectivity index (χ1v) is 7.19. The van der Waals surface area contributed by atoms with Gasteiger partial charge >= 0.3 is 5.97 Å². The predicted molar refractivity (Wildman–Crippen MR) is 72.8 cm³/mol. The van der Waals surface area contributed by atoms with Crippen molar-refractivity contribution in [2.75, 3.05) is 19.8 Å². The standard InChI is InChI=1S/C13H18BrNO4/c1-2-4-15(6-12-10(14)3-5-19-12)11-8-18-7-9(11)13(16)17/h3,5,9,11H,2,4,6-8H2,1H3,(H,16,17). The summed E-state index contributed by atoms with van der Waals surface area (Å²) in [6.45, 7) is 4.26. The van der Waals surface area contributed by atoms with Gasteiger partial charge in [-0.05, 0) is 35.0 Å². The van der Waals surface area contributed by atoms with Crippen LogP contribution in [0.4, 0.5) is 0 Å². The van der Waals surface area contributed by atoms with Crippen LogP contribution in [-0.2, 0) is 16.1 Å². The molecule has 6 heteroatoms. The molecule has 1 aliphatic rings. The van der Waals surface area contributed by atoms with E-state index >= 15 is 0 Å². The van der Waals surface area contributed by atoms with Gasteiger partial charge in [-0.25, -0.2) is 0 Å². The Balaban J connectivity index is 2.11. The van der Waals surface area contributed by atoms with Crippen LogP contribution in [0.3, 0.4) is 0 Å². The van der Waals surface area contributed by atoms with E-state index in [0.29, 0.717) is 19.8 Å². The topological polar surface area (TPSA) is 62.9 Å². The van der Waals surface area contributed by atoms with Gasteiger partial charge in [0.1, 0.15) is 5.76 Å². The summed E-state index contributed by atoms with van der Waals surface area (Å²) in [6, 6.07) is 1.76. The molecule has 2 atom stereocenters. The molecule has 0 amide bonds. The second kappa shape index (κ2) is 6.54. The summed E-state index contributed by atoms with van der Waals surface area (Å²) in [5.74, 6) is -0.424. The molecule has 1 aromatic rings. The van der Waals surface area contributed by atoms with Crippen molar-refractivity contribution in [3.63, 3.8) is 0 Å². The third-order valence-electron chi connectivity index (χ3n) is 3.39. The molecular formula is C13H18BrNO4. The number of carboxylic acid groups (broad SMARTS) is 1. The summed E-state index contributed by atoms with van der Waals surface area (Å²) in [4.78, 5) is 13.4. The van der Waals surface area contributed by atoms with Crippen LogP contribution in [0.2, 0.25) is 0 Å². The van der Waals surface area contributed by atoms with E-state index < -0.39 is 11.9 Å². The van der Waals surface area contributed by atoms with Gasteiger partial charge in [0.2, 0.25) is 0 Å². The Bertz CT molecular complexity index is 434. The molecule has 19 heavy (non-hydrogen) atoms. The summed E-state index contributed by atoms with van der Waals surface area (Å²) >= 11 is 3.43. The second-order valence-electron chi connectivity index (χ2n) is 4.71. The Morgan fingerprint density at radius 2 is 2.37 bits per heavy atom. The maximum atomic E-state index is 11.3.